The quantitative estimate of drug-likeness (QED) is 0.628. The van der Waals surface area contributed by atoms with Crippen LogP contribution < -0.4 is 10.1 Å². The number of aromatic nitrogens is 2. The highest BCUT2D eigenvalue weighted by Gasteiger charge is 2.31. The lowest BCUT2D eigenvalue weighted by Gasteiger charge is -2.17. The van der Waals surface area contributed by atoms with Gasteiger partial charge in [0.15, 0.2) is 0 Å². The fourth-order valence-corrected chi connectivity index (χ4v) is 2.24. The van der Waals surface area contributed by atoms with Crippen molar-refractivity contribution in [2.75, 3.05) is 7.11 Å². The highest BCUT2D eigenvalue weighted by atomic mass is 16.6. The van der Waals surface area contributed by atoms with Gasteiger partial charge in [-0.25, -0.2) is 0 Å². The van der Waals surface area contributed by atoms with Gasteiger partial charge in [0, 0.05) is 0 Å². The number of nitrogens with zero attached hydrogens (tertiary/aromatic N) is 2. The molecule has 0 bridgehead atoms. The first-order valence-corrected chi connectivity index (χ1v) is 7.12. The van der Waals surface area contributed by atoms with E-state index in [1.807, 2.05) is 38.1 Å². The second-order valence-electron chi connectivity index (χ2n) is 5.06. The number of rotatable bonds is 6. The van der Waals surface area contributed by atoms with Crippen molar-refractivity contribution in [2.24, 2.45) is 0 Å². The lowest BCUT2D eigenvalue weighted by atomic mass is 10.0. The van der Waals surface area contributed by atoms with Crippen molar-refractivity contribution in [3.05, 3.63) is 51.2 Å². The Kier molecular flexibility index (Phi) is 4.95. The molecule has 2 aromatic rings. The standard InChI is InChI=1S/C15H18N4O4/c1-4-11(10-7-5-9(2)6-8-10)16-14(20)12-13(19(21)22)15(23-3)18-17-12/h5-8,11H,4H2,1-3H3,(H,16,20)(H,17,18). The van der Waals surface area contributed by atoms with E-state index < -0.39 is 16.5 Å². The van der Waals surface area contributed by atoms with Crippen LogP contribution in [0.1, 0.15) is 41.0 Å². The zero-order chi connectivity index (χ0) is 17.0. The van der Waals surface area contributed by atoms with Crippen LogP contribution in [0.5, 0.6) is 5.88 Å². The number of ether oxygens (including phenoxy) is 1. The van der Waals surface area contributed by atoms with Crippen LogP contribution in [0, 0.1) is 17.0 Å². The Bertz CT molecular complexity index is 709. The highest BCUT2D eigenvalue weighted by molar-refractivity contribution is 5.97. The van der Waals surface area contributed by atoms with Gasteiger partial charge in [-0.3, -0.25) is 20.0 Å². The Balaban J connectivity index is 2.25. The van der Waals surface area contributed by atoms with Gasteiger partial charge in [-0.1, -0.05) is 36.8 Å². The molecule has 1 aromatic carbocycles. The summed E-state index contributed by atoms with van der Waals surface area (Å²) in [6.45, 7) is 3.90. The molecule has 0 aliphatic carbocycles. The maximum absolute atomic E-state index is 12.4. The number of amides is 1. The number of aryl methyl sites for hydroxylation is 1. The summed E-state index contributed by atoms with van der Waals surface area (Å²) in [4.78, 5) is 22.8. The molecule has 1 aromatic heterocycles. The first-order chi connectivity index (χ1) is 11.0. The molecular formula is C15H18N4O4. The third-order valence-corrected chi connectivity index (χ3v) is 3.50. The van der Waals surface area contributed by atoms with E-state index in [1.165, 1.54) is 7.11 Å². The summed E-state index contributed by atoms with van der Waals surface area (Å²) in [6, 6.07) is 7.49. The van der Waals surface area contributed by atoms with E-state index >= 15 is 0 Å². The van der Waals surface area contributed by atoms with E-state index in [-0.39, 0.29) is 17.6 Å². The number of benzene rings is 1. The summed E-state index contributed by atoms with van der Waals surface area (Å²) < 4.78 is 4.80. The van der Waals surface area contributed by atoms with Crippen molar-refractivity contribution in [1.29, 1.82) is 0 Å². The summed E-state index contributed by atoms with van der Waals surface area (Å²) in [5.74, 6) is -0.816. The Hall–Kier alpha value is -2.90. The topological polar surface area (TPSA) is 110 Å². The summed E-state index contributed by atoms with van der Waals surface area (Å²) in [6.07, 6.45) is 0.647. The van der Waals surface area contributed by atoms with Crippen molar-refractivity contribution < 1.29 is 14.5 Å². The van der Waals surface area contributed by atoms with Crippen molar-refractivity contribution >= 4 is 11.6 Å². The minimum atomic E-state index is -0.690. The molecule has 1 unspecified atom stereocenters. The van der Waals surface area contributed by atoms with Crippen molar-refractivity contribution in [1.82, 2.24) is 15.5 Å². The average Bonchev–Trinajstić information content (AvgIpc) is 2.97. The van der Waals surface area contributed by atoms with Crippen LogP contribution in [0.2, 0.25) is 0 Å². The third-order valence-electron chi connectivity index (χ3n) is 3.50. The first kappa shape index (κ1) is 16.5. The molecule has 0 saturated carbocycles. The van der Waals surface area contributed by atoms with Crippen molar-refractivity contribution in [3.63, 3.8) is 0 Å². The molecule has 0 aliphatic rings. The molecule has 0 spiro atoms. The van der Waals surface area contributed by atoms with Gasteiger partial charge in [0.2, 0.25) is 5.69 Å². The minimum absolute atomic E-state index is 0.219. The average molecular weight is 318 g/mol. The fourth-order valence-electron chi connectivity index (χ4n) is 2.24. The molecule has 1 heterocycles. The van der Waals surface area contributed by atoms with Gasteiger partial charge in [0.05, 0.1) is 18.1 Å². The van der Waals surface area contributed by atoms with Gasteiger partial charge in [-0.05, 0) is 18.9 Å². The van der Waals surface area contributed by atoms with E-state index in [9.17, 15) is 14.9 Å². The van der Waals surface area contributed by atoms with E-state index in [2.05, 4.69) is 15.5 Å². The second-order valence-corrected chi connectivity index (χ2v) is 5.06. The molecular weight excluding hydrogens is 300 g/mol. The van der Waals surface area contributed by atoms with E-state index in [0.29, 0.717) is 6.42 Å². The molecule has 8 nitrogen and oxygen atoms in total. The number of carbonyl (C=O) groups is 1. The molecule has 0 saturated heterocycles. The van der Waals surface area contributed by atoms with Gasteiger partial charge in [0.25, 0.3) is 5.91 Å². The van der Waals surface area contributed by atoms with Gasteiger partial charge >= 0.3 is 11.6 Å². The van der Waals surface area contributed by atoms with Gasteiger partial charge in [-0.15, -0.1) is 5.10 Å². The van der Waals surface area contributed by atoms with Gasteiger partial charge in [0.1, 0.15) is 0 Å². The van der Waals surface area contributed by atoms with Crippen LogP contribution in [0.25, 0.3) is 0 Å². The summed E-state index contributed by atoms with van der Waals surface area (Å²) in [5, 5.41) is 19.9. The number of hydrogen-bond acceptors (Lipinski definition) is 5. The van der Waals surface area contributed by atoms with Crippen LogP contribution >= 0.6 is 0 Å². The Morgan fingerprint density at radius 1 is 1.43 bits per heavy atom. The van der Waals surface area contributed by atoms with Crippen LogP contribution in [0.4, 0.5) is 5.69 Å². The lowest BCUT2D eigenvalue weighted by molar-refractivity contribution is -0.386. The van der Waals surface area contributed by atoms with E-state index in [4.69, 9.17) is 4.74 Å². The van der Waals surface area contributed by atoms with Crippen molar-refractivity contribution in [2.45, 2.75) is 26.3 Å². The Labute approximate surface area is 133 Å². The zero-order valence-electron chi connectivity index (χ0n) is 13.1. The molecule has 1 atom stereocenters. The smallest absolute Gasteiger partial charge is 0.362 e. The number of nitrogens with one attached hydrogen (secondary N) is 2. The minimum Gasteiger partial charge on any atom is -0.475 e. The summed E-state index contributed by atoms with van der Waals surface area (Å²) in [7, 11) is 1.26. The number of carbonyl (C=O) groups excluding carboxylic acids is 1. The van der Waals surface area contributed by atoms with Crippen molar-refractivity contribution in [3.8, 4) is 5.88 Å². The Morgan fingerprint density at radius 3 is 2.61 bits per heavy atom. The predicted molar refractivity (Wildman–Crippen MR) is 83.5 cm³/mol. The Morgan fingerprint density at radius 2 is 2.09 bits per heavy atom. The van der Waals surface area contributed by atoms with Gasteiger partial charge < -0.3 is 10.1 Å². The monoisotopic (exact) mass is 318 g/mol. The molecule has 0 fully saturated rings. The molecule has 1 amide bonds. The number of methoxy groups -OCH3 is 1. The maximum atomic E-state index is 12.4. The van der Waals surface area contributed by atoms with Crippen LogP contribution in [0.15, 0.2) is 24.3 Å². The SMILES string of the molecule is CCC(NC(=O)c1[nH]nc(OC)c1[N+](=O)[O-])c1ccc(C)cc1. The molecule has 122 valence electrons. The molecule has 8 heteroatoms. The van der Waals surface area contributed by atoms with E-state index in [0.717, 1.165) is 11.1 Å². The normalized spacial score (nSPS) is 11.8. The number of nitro groups is 1. The fraction of sp³-hybridized carbons (Fsp3) is 0.333. The third kappa shape index (κ3) is 3.47. The number of aromatic amines is 1. The van der Waals surface area contributed by atoms with Crippen LogP contribution in [-0.4, -0.2) is 28.1 Å². The molecule has 2 N–H and O–H groups in total. The molecule has 0 aliphatic heterocycles. The first-order valence-electron chi connectivity index (χ1n) is 7.12. The van der Waals surface area contributed by atoms with Gasteiger partial charge in [-0.2, -0.15) is 0 Å². The molecule has 23 heavy (non-hydrogen) atoms. The summed E-state index contributed by atoms with van der Waals surface area (Å²) >= 11 is 0. The highest BCUT2D eigenvalue weighted by Crippen LogP contribution is 2.28. The van der Waals surface area contributed by atoms with Crippen LogP contribution in [0.3, 0.4) is 0 Å². The maximum Gasteiger partial charge on any atom is 0.362 e. The van der Waals surface area contributed by atoms with E-state index in [1.54, 1.807) is 0 Å². The molecule has 0 radical (unpaired) electrons. The van der Waals surface area contributed by atoms with Crippen LogP contribution in [-0.2, 0) is 0 Å². The lowest BCUT2D eigenvalue weighted by Crippen LogP contribution is -2.29. The second kappa shape index (κ2) is 6.91. The zero-order valence-corrected chi connectivity index (χ0v) is 13.1. The predicted octanol–water partition coefficient (Wildman–Crippen LogP) is 2.52. The largest absolute Gasteiger partial charge is 0.475 e. The number of H-pyrrole nitrogens is 1. The molecule has 2 rings (SSSR count). The number of hydrogen-bond donors (Lipinski definition) is 2. The summed E-state index contributed by atoms with van der Waals surface area (Å²) in [5.41, 5.74) is 1.35.